The Morgan fingerprint density at radius 2 is 1.36 bits per heavy atom. The van der Waals surface area contributed by atoms with Gasteiger partial charge in [0.2, 0.25) is 11.8 Å². The normalized spacial score (nSPS) is 10.5. The van der Waals surface area contributed by atoms with E-state index in [1.165, 1.54) is 12.4 Å². The maximum atomic E-state index is 10.1. The Morgan fingerprint density at radius 1 is 1.00 bits per heavy atom. The molecule has 5 nitrogen and oxygen atoms in total. The van der Waals surface area contributed by atoms with Crippen LogP contribution in [0.25, 0.3) is 0 Å². The van der Waals surface area contributed by atoms with Gasteiger partial charge < -0.3 is 16.8 Å². The van der Waals surface area contributed by atoms with E-state index >= 15 is 0 Å². The number of amides is 2. The van der Waals surface area contributed by atoms with Crippen molar-refractivity contribution in [2.45, 2.75) is 0 Å². The van der Waals surface area contributed by atoms with E-state index in [2.05, 4.69) is 5.32 Å². The SMILES string of the molecule is NC(=O)/C=C/N/C=C/C(N)=O. The van der Waals surface area contributed by atoms with Crippen LogP contribution in [0.1, 0.15) is 0 Å². The first-order valence-electron chi connectivity index (χ1n) is 2.81. The van der Waals surface area contributed by atoms with Crippen molar-refractivity contribution in [2.75, 3.05) is 0 Å². The van der Waals surface area contributed by atoms with Crippen LogP contribution in [0, 0.1) is 0 Å². The van der Waals surface area contributed by atoms with Gasteiger partial charge in [0.25, 0.3) is 0 Å². The molecule has 2 amide bonds. The molecule has 0 heterocycles. The molecule has 0 aromatic rings. The zero-order valence-corrected chi connectivity index (χ0v) is 5.78. The number of hydrogen-bond donors (Lipinski definition) is 3. The van der Waals surface area contributed by atoms with Gasteiger partial charge in [0.1, 0.15) is 0 Å². The van der Waals surface area contributed by atoms with Gasteiger partial charge in [-0.3, -0.25) is 9.59 Å². The fourth-order valence-corrected chi connectivity index (χ4v) is 0.316. The van der Waals surface area contributed by atoms with Crippen LogP contribution in [0.5, 0.6) is 0 Å². The molecule has 0 aromatic heterocycles. The van der Waals surface area contributed by atoms with Crippen LogP contribution in [-0.2, 0) is 9.59 Å². The lowest BCUT2D eigenvalue weighted by atomic mass is 10.5. The third kappa shape index (κ3) is 8.22. The van der Waals surface area contributed by atoms with Crippen molar-refractivity contribution in [1.29, 1.82) is 0 Å². The molecule has 5 N–H and O–H groups in total. The lowest BCUT2D eigenvalue weighted by Crippen LogP contribution is -2.09. The molecule has 0 rings (SSSR count). The summed E-state index contributed by atoms with van der Waals surface area (Å²) in [5, 5.41) is 2.49. The largest absolute Gasteiger partial charge is 0.367 e. The van der Waals surface area contributed by atoms with Gasteiger partial charge in [-0.1, -0.05) is 0 Å². The smallest absolute Gasteiger partial charge is 0.242 e. The summed E-state index contributed by atoms with van der Waals surface area (Å²) in [5.74, 6) is -1.13. The molecule has 0 aliphatic heterocycles. The van der Waals surface area contributed by atoms with Gasteiger partial charge in [-0.15, -0.1) is 0 Å². The highest BCUT2D eigenvalue weighted by molar-refractivity contribution is 5.86. The summed E-state index contributed by atoms with van der Waals surface area (Å²) >= 11 is 0. The van der Waals surface area contributed by atoms with Crippen molar-refractivity contribution < 1.29 is 9.59 Å². The predicted molar refractivity (Wildman–Crippen MR) is 39.8 cm³/mol. The first kappa shape index (κ1) is 9.22. The van der Waals surface area contributed by atoms with Gasteiger partial charge in [0.15, 0.2) is 0 Å². The average Bonchev–Trinajstić information content (AvgIpc) is 1.85. The quantitative estimate of drug-likeness (QED) is 0.434. The zero-order valence-electron chi connectivity index (χ0n) is 5.78. The number of rotatable bonds is 4. The molecule has 11 heavy (non-hydrogen) atoms. The lowest BCUT2D eigenvalue weighted by Gasteiger charge is -1.85. The second kappa shape index (κ2) is 5.04. The van der Waals surface area contributed by atoms with Crippen LogP contribution in [0.3, 0.4) is 0 Å². The summed E-state index contributed by atoms with van der Waals surface area (Å²) < 4.78 is 0. The summed E-state index contributed by atoms with van der Waals surface area (Å²) in [4.78, 5) is 20.2. The van der Waals surface area contributed by atoms with Gasteiger partial charge in [-0.05, 0) is 0 Å². The van der Waals surface area contributed by atoms with Crippen LogP contribution < -0.4 is 16.8 Å². The van der Waals surface area contributed by atoms with Crippen molar-refractivity contribution in [3.8, 4) is 0 Å². The first-order valence-corrected chi connectivity index (χ1v) is 2.81. The van der Waals surface area contributed by atoms with Gasteiger partial charge in [0, 0.05) is 24.6 Å². The van der Waals surface area contributed by atoms with E-state index in [1.807, 2.05) is 0 Å². The highest BCUT2D eigenvalue weighted by atomic mass is 16.1. The molecular formula is C6H9N3O2. The fraction of sp³-hybridized carbons (Fsp3) is 0. The van der Waals surface area contributed by atoms with E-state index in [0.717, 1.165) is 12.2 Å². The van der Waals surface area contributed by atoms with Crippen molar-refractivity contribution in [2.24, 2.45) is 11.5 Å². The molecule has 0 aliphatic rings. The van der Waals surface area contributed by atoms with E-state index in [9.17, 15) is 9.59 Å². The molecule has 0 fully saturated rings. The standard InChI is InChI=1S/C6H9N3O2/c7-5(10)1-3-9-4-2-6(8)11/h1-4,9H,(H2,7,10)(H2,8,11)/b3-1+,4-2+. The Kier molecular flexibility index (Phi) is 4.22. The molecule has 0 aliphatic carbocycles. The number of carbonyl (C=O) groups is 2. The summed E-state index contributed by atoms with van der Waals surface area (Å²) in [6.07, 6.45) is 4.82. The monoisotopic (exact) mass is 155 g/mol. The molecule has 0 unspecified atom stereocenters. The topological polar surface area (TPSA) is 98.2 Å². The van der Waals surface area contributed by atoms with Gasteiger partial charge in [-0.25, -0.2) is 0 Å². The number of primary amides is 2. The molecule has 5 heteroatoms. The Labute approximate surface area is 63.7 Å². The van der Waals surface area contributed by atoms with Gasteiger partial charge in [0.05, 0.1) is 0 Å². The average molecular weight is 155 g/mol. The number of nitrogens with one attached hydrogen (secondary N) is 1. The van der Waals surface area contributed by atoms with Gasteiger partial charge in [-0.2, -0.15) is 0 Å². The fourth-order valence-electron chi connectivity index (χ4n) is 0.316. The lowest BCUT2D eigenvalue weighted by molar-refractivity contribution is -0.114. The van der Waals surface area contributed by atoms with Crippen LogP contribution in [0.2, 0.25) is 0 Å². The third-order valence-corrected chi connectivity index (χ3v) is 0.688. The van der Waals surface area contributed by atoms with Gasteiger partial charge >= 0.3 is 0 Å². The van der Waals surface area contributed by atoms with E-state index in [1.54, 1.807) is 0 Å². The van der Waals surface area contributed by atoms with Crippen LogP contribution >= 0.6 is 0 Å². The summed E-state index contributed by atoms with van der Waals surface area (Å²) in [6.45, 7) is 0. The molecule has 0 spiro atoms. The van der Waals surface area contributed by atoms with Crippen molar-refractivity contribution in [3.63, 3.8) is 0 Å². The van der Waals surface area contributed by atoms with Crippen molar-refractivity contribution >= 4 is 11.8 Å². The maximum absolute atomic E-state index is 10.1. The highest BCUT2D eigenvalue weighted by Crippen LogP contribution is 1.67. The zero-order chi connectivity index (χ0) is 8.69. The second-order valence-electron chi connectivity index (χ2n) is 1.64. The number of carbonyl (C=O) groups excluding carboxylic acids is 2. The predicted octanol–water partition coefficient (Wildman–Crippen LogP) is -1.43. The molecule has 0 atom stereocenters. The second-order valence-corrected chi connectivity index (χ2v) is 1.64. The summed E-state index contributed by atoms with van der Waals surface area (Å²) in [5.41, 5.74) is 9.51. The number of nitrogens with two attached hydrogens (primary N) is 2. The minimum atomic E-state index is -0.565. The van der Waals surface area contributed by atoms with E-state index in [4.69, 9.17) is 11.5 Å². The molecular weight excluding hydrogens is 146 g/mol. The van der Waals surface area contributed by atoms with Crippen LogP contribution in [-0.4, -0.2) is 11.8 Å². The molecule has 0 radical (unpaired) electrons. The third-order valence-electron chi connectivity index (χ3n) is 0.688. The van der Waals surface area contributed by atoms with E-state index in [0.29, 0.717) is 0 Å². The Balaban J connectivity index is 3.57. The van der Waals surface area contributed by atoms with E-state index in [-0.39, 0.29) is 0 Å². The highest BCUT2D eigenvalue weighted by Gasteiger charge is 1.80. The summed E-state index contributed by atoms with van der Waals surface area (Å²) in [6, 6.07) is 0. The molecule has 0 saturated carbocycles. The van der Waals surface area contributed by atoms with Crippen LogP contribution in [0.4, 0.5) is 0 Å². The molecule has 0 saturated heterocycles. The molecule has 0 aromatic carbocycles. The summed E-state index contributed by atoms with van der Waals surface area (Å²) in [7, 11) is 0. The minimum Gasteiger partial charge on any atom is -0.367 e. The Bertz CT molecular complexity index is 186. The minimum absolute atomic E-state index is 0.565. The Morgan fingerprint density at radius 3 is 1.64 bits per heavy atom. The van der Waals surface area contributed by atoms with Crippen molar-refractivity contribution in [1.82, 2.24) is 5.32 Å². The molecule has 0 bridgehead atoms. The van der Waals surface area contributed by atoms with E-state index < -0.39 is 11.8 Å². The molecule has 60 valence electrons. The van der Waals surface area contributed by atoms with Crippen molar-refractivity contribution in [3.05, 3.63) is 24.6 Å². The Hall–Kier alpha value is -1.78. The van der Waals surface area contributed by atoms with Crippen LogP contribution in [0.15, 0.2) is 24.6 Å². The maximum Gasteiger partial charge on any atom is 0.242 e. The number of hydrogen-bond acceptors (Lipinski definition) is 3. The first-order chi connectivity index (χ1) is 5.13.